The van der Waals surface area contributed by atoms with Gasteiger partial charge in [0.1, 0.15) is 0 Å². The van der Waals surface area contributed by atoms with Gasteiger partial charge in [-0.05, 0) is 41.7 Å². The van der Waals surface area contributed by atoms with Crippen molar-refractivity contribution >= 4 is 22.9 Å². The molecule has 0 aliphatic rings. The van der Waals surface area contributed by atoms with Gasteiger partial charge in [-0.2, -0.15) is 4.57 Å². The van der Waals surface area contributed by atoms with Crippen LogP contribution in [0.5, 0.6) is 11.5 Å². The molecular weight excluding hydrogens is 552 g/mol. The number of rotatable bonds is 20. The molecule has 2 aromatic carbocycles. The van der Waals surface area contributed by atoms with Crippen molar-refractivity contribution in [2.45, 2.75) is 124 Å². The Morgan fingerprint density at radius 3 is 2.14 bits per heavy atom. The third kappa shape index (κ3) is 13.1. The summed E-state index contributed by atoms with van der Waals surface area (Å²) in [6.07, 6.45) is 17.9. The van der Waals surface area contributed by atoms with Crippen LogP contribution in [0.2, 0.25) is 0 Å². The maximum Gasteiger partial charge on any atom is 0.262 e. The predicted molar refractivity (Wildman–Crippen MR) is 181 cm³/mol. The molecule has 0 aliphatic carbocycles. The van der Waals surface area contributed by atoms with E-state index in [0.717, 1.165) is 24.2 Å². The average Bonchev–Trinajstić information content (AvgIpc) is 3.38. The summed E-state index contributed by atoms with van der Waals surface area (Å²) in [7, 11) is 0. The molecule has 236 valence electrons. The van der Waals surface area contributed by atoms with Crippen LogP contribution in [0.15, 0.2) is 54.0 Å². The van der Waals surface area contributed by atoms with Gasteiger partial charge in [-0.25, -0.2) is 0 Å². The molecule has 5 nitrogen and oxygen atoms in total. The monoisotopic (exact) mass is 607 g/mol. The summed E-state index contributed by atoms with van der Waals surface area (Å²) in [6, 6.07) is 14.1. The number of nitrogens with zero attached hydrogens (tertiary/aromatic N) is 1. The zero-order valence-electron chi connectivity index (χ0n) is 27.4. The first kappa shape index (κ1) is 34.6. The van der Waals surface area contributed by atoms with E-state index in [1.54, 1.807) is 11.3 Å². The highest BCUT2D eigenvalue weighted by atomic mass is 32.1. The Morgan fingerprint density at radius 1 is 0.837 bits per heavy atom. The Morgan fingerprint density at radius 2 is 1.51 bits per heavy atom. The lowest BCUT2D eigenvalue weighted by Gasteiger charge is -2.21. The highest BCUT2D eigenvalue weighted by Crippen LogP contribution is 2.33. The Labute approximate surface area is 265 Å². The standard InChI is InChI=1S/C37H54N2O3S/c1-6-7-8-9-10-11-12-13-14-15-16-17-24-41-35-27-32(37(3,4)5)21-22-34(35)42-29-36(40)38-33-20-18-19-31(26-33)28-39-23-25-43-30(39)2/h18-23,25-27H,6-17,24,28-29H2,1-5H3/p+1. The fourth-order valence-electron chi connectivity index (χ4n) is 5.16. The Balaban J connectivity index is 1.43. The number of carbonyl (C=O) groups is 1. The molecule has 1 N–H and O–H groups in total. The molecule has 0 aliphatic heterocycles. The fourth-order valence-corrected chi connectivity index (χ4v) is 5.82. The molecule has 0 atom stereocenters. The van der Waals surface area contributed by atoms with Crippen LogP contribution in [-0.4, -0.2) is 19.1 Å². The van der Waals surface area contributed by atoms with Crippen LogP contribution < -0.4 is 19.4 Å². The van der Waals surface area contributed by atoms with Crippen LogP contribution in [0.3, 0.4) is 0 Å². The molecule has 43 heavy (non-hydrogen) atoms. The second kappa shape index (κ2) is 18.7. The van der Waals surface area contributed by atoms with Gasteiger partial charge in [-0.15, -0.1) is 0 Å². The molecule has 3 aromatic rings. The first-order valence-corrected chi connectivity index (χ1v) is 17.4. The fraction of sp³-hybridized carbons (Fsp3) is 0.568. The van der Waals surface area contributed by atoms with Gasteiger partial charge < -0.3 is 14.8 Å². The van der Waals surface area contributed by atoms with Gasteiger partial charge in [-0.1, -0.05) is 128 Å². The zero-order valence-corrected chi connectivity index (χ0v) is 28.2. The number of anilines is 1. The van der Waals surface area contributed by atoms with Crippen molar-refractivity contribution in [1.82, 2.24) is 0 Å². The van der Waals surface area contributed by atoms with Gasteiger partial charge in [0.15, 0.2) is 30.8 Å². The van der Waals surface area contributed by atoms with Crippen LogP contribution in [-0.2, 0) is 16.8 Å². The molecule has 1 amide bonds. The number of ether oxygens (including phenoxy) is 2. The van der Waals surface area contributed by atoms with Crippen molar-refractivity contribution in [2.75, 3.05) is 18.5 Å². The van der Waals surface area contributed by atoms with Gasteiger partial charge in [0, 0.05) is 18.2 Å². The number of benzene rings is 2. The van der Waals surface area contributed by atoms with E-state index in [4.69, 9.17) is 9.47 Å². The molecule has 0 saturated carbocycles. The minimum Gasteiger partial charge on any atom is -0.490 e. The third-order valence-corrected chi connectivity index (χ3v) is 8.70. The summed E-state index contributed by atoms with van der Waals surface area (Å²) >= 11 is 1.73. The maximum atomic E-state index is 12.8. The van der Waals surface area contributed by atoms with Crippen molar-refractivity contribution in [3.63, 3.8) is 0 Å². The quantitative estimate of drug-likeness (QED) is 0.103. The van der Waals surface area contributed by atoms with Gasteiger partial charge in [0.05, 0.1) is 12.0 Å². The molecular formula is C37H55N2O3S+. The van der Waals surface area contributed by atoms with Crippen molar-refractivity contribution < 1.29 is 18.8 Å². The lowest BCUT2D eigenvalue weighted by atomic mass is 9.87. The van der Waals surface area contributed by atoms with Crippen LogP contribution >= 0.6 is 11.3 Å². The molecule has 0 fully saturated rings. The molecule has 0 bridgehead atoms. The van der Waals surface area contributed by atoms with Crippen LogP contribution in [0.1, 0.15) is 121 Å². The number of hydrogen-bond donors (Lipinski definition) is 1. The summed E-state index contributed by atoms with van der Waals surface area (Å²) in [4.78, 5) is 12.8. The number of unbranched alkanes of at least 4 members (excludes halogenated alkanes) is 11. The summed E-state index contributed by atoms with van der Waals surface area (Å²) in [6.45, 7) is 12.3. The number of hydrogen-bond acceptors (Lipinski definition) is 4. The molecule has 3 rings (SSSR count). The molecule has 0 spiro atoms. The van der Waals surface area contributed by atoms with E-state index in [-0.39, 0.29) is 17.9 Å². The lowest BCUT2D eigenvalue weighted by Crippen LogP contribution is -2.34. The highest BCUT2D eigenvalue weighted by Gasteiger charge is 2.18. The Bertz CT molecular complexity index is 1230. The molecule has 0 radical (unpaired) electrons. The number of nitrogens with one attached hydrogen (secondary N) is 1. The second-order valence-electron chi connectivity index (χ2n) is 12.7. The Kier molecular flexibility index (Phi) is 15.1. The minimum absolute atomic E-state index is 0.00508. The normalized spacial score (nSPS) is 11.5. The summed E-state index contributed by atoms with van der Waals surface area (Å²) in [5, 5.41) is 6.32. The number of aromatic nitrogens is 1. The van der Waals surface area contributed by atoms with Crippen molar-refractivity contribution in [1.29, 1.82) is 0 Å². The van der Waals surface area contributed by atoms with E-state index in [0.29, 0.717) is 18.1 Å². The SMILES string of the molecule is CCCCCCCCCCCCCCOc1cc(C(C)(C)C)ccc1OCC(=O)Nc1cccc(C[n+]2ccsc2C)c1. The zero-order chi connectivity index (χ0) is 30.9. The summed E-state index contributed by atoms with van der Waals surface area (Å²) in [5.41, 5.74) is 3.08. The second-order valence-corrected chi connectivity index (χ2v) is 13.8. The Hall–Kier alpha value is -2.86. The molecule has 6 heteroatoms. The van der Waals surface area contributed by atoms with E-state index in [2.05, 4.69) is 74.3 Å². The van der Waals surface area contributed by atoms with E-state index in [1.165, 1.54) is 81.2 Å². The average molecular weight is 608 g/mol. The maximum absolute atomic E-state index is 12.8. The predicted octanol–water partition coefficient (Wildman–Crippen LogP) is 9.79. The van der Waals surface area contributed by atoms with Crippen molar-refractivity contribution in [3.8, 4) is 11.5 Å². The van der Waals surface area contributed by atoms with Gasteiger partial charge >= 0.3 is 0 Å². The van der Waals surface area contributed by atoms with Gasteiger partial charge in [0.25, 0.3) is 5.91 Å². The molecule has 1 heterocycles. The first-order chi connectivity index (χ1) is 20.8. The summed E-state index contributed by atoms with van der Waals surface area (Å²) < 4.78 is 14.4. The minimum atomic E-state index is -0.191. The van der Waals surface area contributed by atoms with E-state index >= 15 is 0 Å². The number of amides is 1. The van der Waals surface area contributed by atoms with Crippen molar-refractivity contribution in [3.05, 3.63) is 70.2 Å². The highest BCUT2D eigenvalue weighted by molar-refractivity contribution is 7.09. The van der Waals surface area contributed by atoms with Crippen LogP contribution in [0.25, 0.3) is 0 Å². The van der Waals surface area contributed by atoms with Gasteiger partial charge in [0.2, 0.25) is 5.01 Å². The molecule has 1 aromatic heterocycles. The third-order valence-electron chi connectivity index (χ3n) is 7.87. The molecule has 0 unspecified atom stereocenters. The van der Waals surface area contributed by atoms with Crippen LogP contribution in [0, 0.1) is 6.92 Å². The molecule has 0 saturated heterocycles. The van der Waals surface area contributed by atoms with E-state index in [1.807, 2.05) is 24.3 Å². The largest absolute Gasteiger partial charge is 0.490 e. The lowest BCUT2D eigenvalue weighted by molar-refractivity contribution is -0.689. The first-order valence-electron chi connectivity index (χ1n) is 16.5. The van der Waals surface area contributed by atoms with Crippen molar-refractivity contribution in [2.24, 2.45) is 0 Å². The van der Waals surface area contributed by atoms with E-state index in [9.17, 15) is 4.79 Å². The number of carbonyl (C=O) groups excluding carboxylic acids is 1. The number of thiazole rings is 1. The smallest absolute Gasteiger partial charge is 0.262 e. The van der Waals surface area contributed by atoms with Gasteiger partial charge in [-0.3, -0.25) is 4.79 Å². The topological polar surface area (TPSA) is 51.4 Å². The number of aryl methyl sites for hydroxylation is 1. The van der Waals surface area contributed by atoms with E-state index < -0.39 is 0 Å². The summed E-state index contributed by atoms with van der Waals surface area (Å²) in [5.74, 6) is 1.14. The van der Waals surface area contributed by atoms with Crippen LogP contribution in [0.4, 0.5) is 5.69 Å².